The van der Waals surface area contributed by atoms with Gasteiger partial charge in [-0.05, 0) is 0 Å². The van der Waals surface area contributed by atoms with Crippen LogP contribution in [-0.4, -0.2) is 26.6 Å². The third-order valence-electron chi connectivity index (χ3n) is 1.41. The van der Waals surface area contributed by atoms with E-state index >= 15 is 0 Å². The van der Waals surface area contributed by atoms with Gasteiger partial charge in [0.2, 0.25) is 0 Å². The molecule has 59 valence electrons. The Bertz CT molecular complexity index is 409. The fourth-order valence-electron chi connectivity index (χ4n) is 0.914. The lowest BCUT2D eigenvalue weighted by Crippen LogP contribution is -1.97. The number of rotatable bonds is 2. The van der Waals surface area contributed by atoms with Crippen molar-refractivity contribution in [1.82, 2.24) is 20.2 Å². The molecule has 0 unspecified atom stereocenters. The Labute approximate surface area is 67.0 Å². The molecule has 0 atom stereocenters. The summed E-state index contributed by atoms with van der Waals surface area (Å²) in [6.07, 6.45) is 4.46. The van der Waals surface area contributed by atoms with Gasteiger partial charge in [0.05, 0.1) is 5.39 Å². The summed E-state index contributed by atoms with van der Waals surface area (Å²) in [6, 6.07) is 0. The van der Waals surface area contributed by atoms with E-state index in [2.05, 4.69) is 25.5 Å². The summed E-state index contributed by atoms with van der Waals surface area (Å²) in [5.41, 5.74) is 0.516. The molecule has 0 fully saturated rings. The van der Waals surface area contributed by atoms with Crippen LogP contribution in [0, 0.1) is 0 Å². The minimum absolute atomic E-state index is 0.406. The second-order valence-electron chi connectivity index (χ2n) is 2.07. The summed E-state index contributed by atoms with van der Waals surface area (Å²) >= 11 is 0. The van der Waals surface area contributed by atoms with Gasteiger partial charge in [-0.25, -0.2) is 9.97 Å². The zero-order chi connectivity index (χ0) is 8.39. The van der Waals surface area contributed by atoms with Crippen LogP contribution in [-0.2, 0) is 4.79 Å². The van der Waals surface area contributed by atoms with Crippen molar-refractivity contribution in [2.75, 3.05) is 5.32 Å². The molecule has 0 saturated heterocycles. The zero-order valence-electron chi connectivity index (χ0n) is 5.90. The average molecular weight is 162 g/mol. The molecule has 0 aliphatic heterocycles. The van der Waals surface area contributed by atoms with Crippen molar-refractivity contribution in [2.45, 2.75) is 0 Å². The molecule has 2 N–H and O–H groups in total. The molecule has 6 nitrogen and oxygen atoms in total. The van der Waals surface area contributed by atoms with Gasteiger partial charge in [0, 0.05) is 6.20 Å². The predicted molar refractivity (Wildman–Crippen MR) is 41.0 cm³/mol. The summed E-state index contributed by atoms with van der Waals surface area (Å²) in [5.74, 6) is 0.406. The second-order valence-corrected chi connectivity index (χ2v) is 2.07. The van der Waals surface area contributed by atoms with Gasteiger partial charge in [-0.15, -0.1) is 0 Å². The Hall–Kier alpha value is -1.98. The molecule has 1 radical (unpaired) electrons. The first-order valence-corrected chi connectivity index (χ1v) is 3.19. The number of aromatic nitrogens is 4. The molecule has 6 heteroatoms. The number of H-pyrrole nitrogens is 1. The first-order chi connectivity index (χ1) is 5.92. The molecule has 1 amide bonds. The van der Waals surface area contributed by atoms with Gasteiger partial charge in [0.1, 0.15) is 12.1 Å². The monoisotopic (exact) mass is 162 g/mol. The van der Waals surface area contributed by atoms with E-state index in [-0.39, 0.29) is 0 Å². The molecule has 0 saturated carbocycles. The molecule has 2 heterocycles. The first-order valence-electron chi connectivity index (χ1n) is 3.19. The number of nitrogens with one attached hydrogen (secondary N) is 2. The van der Waals surface area contributed by atoms with Gasteiger partial charge in [-0.2, -0.15) is 5.10 Å². The molecular formula is C6H4N5O. The maximum absolute atomic E-state index is 10.0. The molecule has 12 heavy (non-hydrogen) atoms. The molecular weight excluding hydrogens is 158 g/mol. The lowest BCUT2D eigenvalue weighted by molar-refractivity contribution is 0.561. The number of fused-ring (bicyclic) bond motifs is 1. The average Bonchev–Trinajstić information content (AvgIpc) is 2.53. The van der Waals surface area contributed by atoms with Crippen LogP contribution < -0.4 is 5.32 Å². The molecule has 0 aliphatic rings. The highest BCUT2D eigenvalue weighted by molar-refractivity contribution is 5.90. The van der Waals surface area contributed by atoms with Crippen molar-refractivity contribution in [2.24, 2.45) is 0 Å². The van der Waals surface area contributed by atoms with Crippen LogP contribution in [0.25, 0.3) is 11.0 Å². The molecule has 0 aromatic carbocycles. The number of amides is 1. The van der Waals surface area contributed by atoms with Crippen LogP contribution in [0.1, 0.15) is 0 Å². The summed E-state index contributed by atoms with van der Waals surface area (Å²) in [4.78, 5) is 17.7. The standard InChI is InChI=1S/C6H4N5O/c12-3-9-5-4-1-10-11-6(4)8-2-7-5/h1-2H,(H2,7,8,9,10,11,12). The van der Waals surface area contributed by atoms with Crippen molar-refractivity contribution >= 4 is 23.3 Å². The first kappa shape index (κ1) is 6.71. The van der Waals surface area contributed by atoms with E-state index in [1.165, 1.54) is 12.7 Å². The van der Waals surface area contributed by atoms with Gasteiger partial charge >= 0.3 is 6.41 Å². The Balaban J connectivity index is 2.65. The summed E-state index contributed by atoms with van der Waals surface area (Å²) < 4.78 is 0. The highest BCUT2D eigenvalue weighted by Crippen LogP contribution is 2.14. The van der Waals surface area contributed by atoms with Crippen molar-refractivity contribution in [3.63, 3.8) is 0 Å². The zero-order valence-corrected chi connectivity index (χ0v) is 5.90. The van der Waals surface area contributed by atoms with Crippen LogP contribution in [0.3, 0.4) is 0 Å². The molecule has 2 aromatic rings. The summed E-state index contributed by atoms with van der Waals surface area (Å²) in [6.45, 7) is 0. The third kappa shape index (κ3) is 0.895. The van der Waals surface area contributed by atoms with Gasteiger partial charge in [0.15, 0.2) is 5.65 Å². The number of aromatic amines is 1. The van der Waals surface area contributed by atoms with E-state index in [1.54, 1.807) is 6.20 Å². The topological polar surface area (TPSA) is 83.6 Å². The Morgan fingerprint density at radius 3 is 3.25 bits per heavy atom. The molecule has 2 aromatic heterocycles. The van der Waals surface area contributed by atoms with Gasteiger partial charge in [-0.1, -0.05) is 0 Å². The smallest absolute Gasteiger partial charge is 0.302 e. The SMILES string of the molecule is O=[C]Nc1ncnc2n[nH]cc12. The normalized spacial score (nSPS) is 10.0. The van der Waals surface area contributed by atoms with Crippen LogP contribution >= 0.6 is 0 Å². The van der Waals surface area contributed by atoms with E-state index in [1.807, 2.05) is 0 Å². The van der Waals surface area contributed by atoms with E-state index in [0.717, 1.165) is 0 Å². The quantitative estimate of drug-likeness (QED) is 0.600. The van der Waals surface area contributed by atoms with Gasteiger partial charge < -0.3 is 5.32 Å². The fourth-order valence-corrected chi connectivity index (χ4v) is 0.914. The maximum atomic E-state index is 10.0. The Kier molecular flexibility index (Phi) is 1.44. The van der Waals surface area contributed by atoms with Crippen molar-refractivity contribution in [1.29, 1.82) is 0 Å². The van der Waals surface area contributed by atoms with Crippen LogP contribution in [0.5, 0.6) is 0 Å². The van der Waals surface area contributed by atoms with Crippen LogP contribution in [0.2, 0.25) is 0 Å². The molecule has 0 aliphatic carbocycles. The lowest BCUT2D eigenvalue weighted by Gasteiger charge is -1.94. The molecule has 2 rings (SSSR count). The second kappa shape index (κ2) is 2.57. The van der Waals surface area contributed by atoms with Gasteiger partial charge in [-0.3, -0.25) is 9.89 Å². The summed E-state index contributed by atoms with van der Waals surface area (Å²) in [5, 5.41) is 9.42. The minimum Gasteiger partial charge on any atom is -0.302 e. The summed E-state index contributed by atoms with van der Waals surface area (Å²) in [7, 11) is 0. The van der Waals surface area contributed by atoms with Crippen LogP contribution in [0.4, 0.5) is 5.82 Å². The number of carbonyl (C=O) groups excluding carboxylic acids is 1. The largest absolute Gasteiger partial charge is 0.315 e. The van der Waals surface area contributed by atoms with Gasteiger partial charge in [0.25, 0.3) is 0 Å². The Morgan fingerprint density at radius 1 is 1.50 bits per heavy atom. The van der Waals surface area contributed by atoms with E-state index in [4.69, 9.17) is 0 Å². The number of hydrogen-bond donors (Lipinski definition) is 2. The van der Waals surface area contributed by atoms with Crippen LogP contribution in [0.15, 0.2) is 12.5 Å². The fraction of sp³-hybridized carbons (Fsp3) is 0. The predicted octanol–water partition coefficient (Wildman–Crippen LogP) is -0.168. The highest BCUT2D eigenvalue weighted by Gasteiger charge is 2.03. The highest BCUT2D eigenvalue weighted by atomic mass is 16.1. The van der Waals surface area contributed by atoms with E-state index in [9.17, 15) is 4.79 Å². The third-order valence-corrected chi connectivity index (χ3v) is 1.41. The van der Waals surface area contributed by atoms with E-state index < -0.39 is 0 Å². The minimum atomic E-state index is 0.406. The Morgan fingerprint density at radius 2 is 2.42 bits per heavy atom. The molecule has 0 bridgehead atoms. The van der Waals surface area contributed by atoms with Crippen molar-refractivity contribution in [3.8, 4) is 0 Å². The van der Waals surface area contributed by atoms with E-state index in [0.29, 0.717) is 16.9 Å². The van der Waals surface area contributed by atoms with Crippen molar-refractivity contribution in [3.05, 3.63) is 12.5 Å². The number of hydrogen-bond acceptors (Lipinski definition) is 4. The maximum Gasteiger partial charge on any atom is 0.315 e. The van der Waals surface area contributed by atoms with Crippen molar-refractivity contribution < 1.29 is 4.79 Å². The number of nitrogens with zero attached hydrogens (tertiary/aromatic N) is 3. The number of anilines is 1. The lowest BCUT2D eigenvalue weighted by atomic mass is 10.4. The molecule has 0 spiro atoms.